The van der Waals surface area contributed by atoms with Gasteiger partial charge < -0.3 is 20.7 Å². The van der Waals surface area contributed by atoms with Crippen LogP contribution in [0.15, 0.2) is 42.7 Å². The second-order valence-electron chi connectivity index (χ2n) is 7.77. The number of hydrogen-bond acceptors (Lipinski definition) is 5. The number of nitrogens with one attached hydrogen (secondary N) is 3. The van der Waals surface area contributed by atoms with E-state index in [9.17, 15) is 9.59 Å². The SMILES string of the molecule is COCCNC(=O)c1cnccc1NC[C@]1(c2cccc(Cl)c2)CC#C[C@@H](NC(C)=O)C1. The second kappa shape index (κ2) is 11.0. The largest absolute Gasteiger partial charge is 0.383 e. The third-order valence-electron chi connectivity index (χ3n) is 5.39. The molecular formula is C24H27ClN4O3. The fourth-order valence-corrected chi connectivity index (χ4v) is 4.01. The molecule has 2 amide bonds. The Labute approximate surface area is 193 Å². The molecule has 3 N–H and O–H groups in total. The Morgan fingerprint density at radius 3 is 2.94 bits per heavy atom. The minimum Gasteiger partial charge on any atom is -0.383 e. The molecule has 1 aliphatic carbocycles. The van der Waals surface area contributed by atoms with E-state index in [0.717, 1.165) is 5.56 Å². The molecule has 0 spiro atoms. The summed E-state index contributed by atoms with van der Waals surface area (Å²) in [6, 6.07) is 9.21. The molecule has 168 valence electrons. The standard InChI is InChI=1S/C24H27ClN4O3/c1-17(30)29-20-7-4-9-24(14-20,18-5-3-6-19(25)13-18)16-28-22-8-10-26-15-21(22)23(31)27-11-12-32-2/h3,5-6,8,10,13,15,20H,9,11-12,14,16H2,1-2H3,(H,26,28)(H,27,31)(H,29,30)/t20-,24+/m1/s1. The monoisotopic (exact) mass is 454 g/mol. The lowest BCUT2D eigenvalue weighted by Gasteiger charge is -2.37. The number of ether oxygens (including phenoxy) is 1. The van der Waals surface area contributed by atoms with E-state index >= 15 is 0 Å². The number of carbonyl (C=O) groups excluding carboxylic acids is 2. The molecule has 1 aliphatic rings. The van der Waals surface area contributed by atoms with E-state index in [2.05, 4.69) is 32.8 Å². The molecule has 0 saturated heterocycles. The summed E-state index contributed by atoms with van der Waals surface area (Å²) in [7, 11) is 1.58. The number of pyridine rings is 1. The van der Waals surface area contributed by atoms with Crippen molar-refractivity contribution in [3.63, 3.8) is 0 Å². The maximum Gasteiger partial charge on any atom is 0.255 e. The predicted molar refractivity (Wildman–Crippen MR) is 125 cm³/mol. The molecule has 1 aromatic heterocycles. The van der Waals surface area contributed by atoms with Crippen LogP contribution in [-0.4, -0.2) is 49.6 Å². The quantitative estimate of drug-likeness (QED) is 0.400. The smallest absolute Gasteiger partial charge is 0.255 e. The highest BCUT2D eigenvalue weighted by Crippen LogP contribution is 2.36. The van der Waals surface area contributed by atoms with Crippen molar-refractivity contribution in [3.8, 4) is 11.8 Å². The molecule has 2 atom stereocenters. The number of hydrogen-bond donors (Lipinski definition) is 3. The average molecular weight is 455 g/mol. The molecule has 32 heavy (non-hydrogen) atoms. The van der Waals surface area contributed by atoms with Gasteiger partial charge >= 0.3 is 0 Å². The first kappa shape index (κ1) is 23.6. The highest BCUT2D eigenvalue weighted by Gasteiger charge is 2.37. The summed E-state index contributed by atoms with van der Waals surface area (Å²) in [6.45, 7) is 2.82. The Morgan fingerprint density at radius 2 is 2.19 bits per heavy atom. The molecule has 0 aliphatic heterocycles. The summed E-state index contributed by atoms with van der Waals surface area (Å²) in [6.07, 6.45) is 4.39. The van der Waals surface area contributed by atoms with E-state index in [1.165, 1.54) is 13.1 Å². The number of rotatable bonds is 9. The van der Waals surface area contributed by atoms with E-state index in [0.29, 0.717) is 48.8 Å². The summed E-state index contributed by atoms with van der Waals surface area (Å²) in [5, 5.41) is 9.81. The third kappa shape index (κ3) is 6.00. The molecular weight excluding hydrogens is 428 g/mol. The van der Waals surface area contributed by atoms with Crippen LogP contribution in [0.5, 0.6) is 0 Å². The van der Waals surface area contributed by atoms with E-state index in [1.807, 2.05) is 24.3 Å². The van der Waals surface area contributed by atoms with Gasteiger partial charge in [0.05, 0.1) is 23.9 Å². The molecule has 0 saturated carbocycles. The van der Waals surface area contributed by atoms with Gasteiger partial charge in [0.1, 0.15) is 0 Å². The summed E-state index contributed by atoms with van der Waals surface area (Å²) in [4.78, 5) is 28.4. The van der Waals surface area contributed by atoms with Crippen LogP contribution in [-0.2, 0) is 14.9 Å². The minimum atomic E-state index is -0.406. The average Bonchev–Trinajstić information content (AvgIpc) is 2.78. The maximum atomic E-state index is 12.6. The van der Waals surface area contributed by atoms with Crippen molar-refractivity contribution < 1.29 is 14.3 Å². The first-order valence-corrected chi connectivity index (χ1v) is 10.8. The van der Waals surface area contributed by atoms with Crippen LogP contribution in [0.2, 0.25) is 5.02 Å². The first-order valence-electron chi connectivity index (χ1n) is 10.4. The highest BCUT2D eigenvalue weighted by molar-refractivity contribution is 6.30. The number of methoxy groups -OCH3 is 1. The molecule has 0 bridgehead atoms. The van der Waals surface area contributed by atoms with Gasteiger partial charge in [-0.3, -0.25) is 14.6 Å². The fraction of sp³-hybridized carbons (Fsp3) is 0.375. The molecule has 1 aromatic carbocycles. The van der Waals surface area contributed by atoms with Gasteiger partial charge in [-0.1, -0.05) is 29.7 Å². The van der Waals surface area contributed by atoms with Gasteiger partial charge in [0.25, 0.3) is 5.91 Å². The van der Waals surface area contributed by atoms with Crippen LogP contribution in [0, 0.1) is 11.8 Å². The van der Waals surface area contributed by atoms with Gasteiger partial charge in [-0.2, -0.15) is 0 Å². The molecule has 0 fully saturated rings. The van der Waals surface area contributed by atoms with Crippen molar-refractivity contribution in [2.75, 3.05) is 32.1 Å². The number of aromatic nitrogens is 1. The van der Waals surface area contributed by atoms with E-state index in [-0.39, 0.29) is 17.9 Å². The van der Waals surface area contributed by atoms with Crippen LogP contribution in [0.3, 0.4) is 0 Å². The van der Waals surface area contributed by atoms with E-state index in [1.54, 1.807) is 19.4 Å². The predicted octanol–water partition coefficient (Wildman–Crippen LogP) is 2.76. The molecule has 8 heteroatoms. The Kier molecular flexibility index (Phi) is 8.09. The third-order valence-corrected chi connectivity index (χ3v) is 5.62. The lowest BCUT2D eigenvalue weighted by atomic mass is 9.71. The maximum absolute atomic E-state index is 12.6. The van der Waals surface area contributed by atoms with E-state index in [4.69, 9.17) is 16.3 Å². The van der Waals surface area contributed by atoms with Crippen molar-refractivity contribution in [1.29, 1.82) is 0 Å². The Morgan fingerprint density at radius 1 is 1.34 bits per heavy atom. The van der Waals surface area contributed by atoms with Gasteiger partial charge in [0, 0.05) is 56.4 Å². The molecule has 7 nitrogen and oxygen atoms in total. The van der Waals surface area contributed by atoms with Crippen molar-refractivity contribution in [1.82, 2.24) is 15.6 Å². The van der Waals surface area contributed by atoms with Gasteiger partial charge in [-0.05, 0) is 30.2 Å². The molecule has 0 radical (unpaired) electrons. The Balaban J connectivity index is 1.86. The zero-order valence-corrected chi connectivity index (χ0v) is 19.0. The summed E-state index contributed by atoms with van der Waals surface area (Å²) < 4.78 is 4.99. The van der Waals surface area contributed by atoms with Crippen molar-refractivity contribution in [2.45, 2.75) is 31.2 Å². The van der Waals surface area contributed by atoms with Crippen molar-refractivity contribution in [2.24, 2.45) is 0 Å². The molecule has 0 unspecified atom stereocenters. The van der Waals surface area contributed by atoms with Crippen LogP contribution >= 0.6 is 11.6 Å². The van der Waals surface area contributed by atoms with Crippen LogP contribution in [0.4, 0.5) is 5.69 Å². The molecule has 2 aromatic rings. The number of halogens is 1. The van der Waals surface area contributed by atoms with Gasteiger partial charge in [-0.15, -0.1) is 5.92 Å². The summed E-state index contributed by atoms with van der Waals surface area (Å²) >= 11 is 6.29. The van der Waals surface area contributed by atoms with Crippen LogP contribution < -0.4 is 16.0 Å². The Bertz CT molecular complexity index is 1030. The van der Waals surface area contributed by atoms with Crippen LogP contribution in [0.1, 0.15) is 35.7 Å². The zero-order chi connectivity index (χ0) is 23.0. The molecule has 1 heterocycles. The van der Waals surface area contributed by atoms with Gasteiger partial charge in [0.2, 0.25) is 5.91 Å². The highest BCUT2D eigenvalue weighted by atomic mass is 35.5. The topological polar surface area (TPSA) is 92.3 Å². The number of anilines is 1. The summed E-state index contributed by atoms with van der Waals surface area (Å²) in [5.41, 5.74) is 1.74. The lowest BCUT2D eigenvalue weighted by Crippen LogP contribution is -2.45. The van der Waals surface area contributed by atoms with Gasteiger partial charge in [-0.25, -0.2) is 0 Å². The van der Waals surface area contributed by atoms with Crippen molar-refractivity contribution in [3.05, 3.63) is 58.9 Å². The summed E-state index contributed by atoms with van der Waals surface area (Å²) in [5.74, 6) is 5.97. The number of carbonyl (C=O) groups is 2. The fourth-order valence-electron chi connectivity index (χ4n) is 3.82. The van der Waals surface area contributed by atoms with Gasteiger partial charge in [0.15, 0.2) is 0 Å². The number of benzene rings is 1. The second-order valence-corrected chi connectivity index (χ2v) is 8.21. The van der Waals surface area contributed by atoms with Crippen molar-refractivity contribution >= 4 is 29.1 Å². The molecule has 3 rings (SSSR count). The lowest BCUT2D eigenvalue weighted by molar-refractivity contribution is -0.119. The normalized spacial score (nSPS) is 19.4. The van der Waals surface area contributed by atoms with Crippen LogP contribution in [0.25, 0.3) is 0 Å². The number of amides is 2. The Hall–Kier alpha value is -3.08. The number of nitrogens with zero attached hydrogens (tertiary/aromatic N) is 1. The van der Waals surface area contributed by atoms with E-state index < -0.39 is 5.41 Å². The zero-order valence-electron chi connectivity index (χ0n) is 18.2. The minimum absolute atomic E-state index is 0.122. The first-order chi connectivity index (χ1) is 15.4.